The average molecular weight is 192 g/mol. The topological polar surface area (TPSA) is 18.5 Å². The van der Waals surface area contributed by atoms with Crippen molar-refractivity contribution in [1.82, 2.24) is 0 Å². The van der Waals surface area contributed by atoms with Crippen molar-refractivity contribution in [3.63, 3.8) is 0 Å². The van der Waals surface area contributed by atoms with E-state index in [1.54, 1.807) is 7.11 Å². The standard InChI is InChI=1S/C12H16O2/c1-3-14-12(13-2)10-9-11-7-5-4-6-8-11/h4-10,12H,3H2,1-2H3/b10-9+. The molecule has 0 aliphatic carbocycles. The summed E-state index contributed by atoms with van der Waals surface area (Å²) in [5, 5.41) is 0. The summed E-state index contributed by atoms with van der Waals surface area (Å²) in [6, 6.07) is 10.1. The van der Waals surface area contributed by atoms with Gasteiger partial charge in [0, 0.05) is 13.7 Å². The van der Waals surface area contributed by atoms with E-state index in [1.807, 2.05) is 49.4 Å². The third-order valence-corrected chi connectivity index (χ3v) is 1.81. The van der Waals surface area contributed by atoms with Gasteiger partial charge in [-0.3, -0.25) is 0 Å². The van der Waals surface area contributed by atoms with Crippen molar-refractivity contribution in [1.29, 1.82) is 0 Å². The molecule has 0 bridgehead atoms. The smallest absolute Gasteiger partial charge is 0.176 e. The molecule has 2 heteroatoms. The van der Waals surface area contributed by atoms with E-state index in [9.17, 15) is 0 Å². The molecule has 1 rings (SSSR count). The first-order valence-electron chi connectivity index (χ1n) is 4.74. The molecule has 0 fully saturated rings. The molecule has 0 N–H and O–H groups in total. The van der Waals surface area contributed by atoms with Crippen molar-refractivity contribution in [2.45, 2.75) is 13.2 Å². The molecule has 0 amide bonds. The van der Waals surface area contributed by atoms with Crippen LogP contribution in [-0.4, -0.2) is 20.0 Å². The van der Waals surface area contributed by atoms with Gasteiger partial charge in [0.15, 0.2) is 6.29 Å². The van der Waals surface area contributed by atoms with Gasteiger partial charge in [-0.15, -0.1) is 0 Å². The minimum Gasteiger partial charge on any atom is -0.352 e. The van der Waals surface area contributed by atoms with E-state index in [0.717, 1.165) is 5.56 Å². The maximum absolute atomic E-state index is 5.30. The zero-order valence-corrected chi connectivity index (χ0v) is 8.64. The van der Waals surface area contributed by atoms with E-state index in [4.69, 9.17) is 9.47 Å². The molecule has 0 spiro atoms. The minimum absolute atomic E-state index is 0.250. The van der Waals surface area contributed by atoms with Crippen LogP contribution in [0.2, 0.25) is 0 Å². The predicted octanol–water partition coefficient (Wildman–Crippen LogP) is 2.71. The molecular formula is C12H16O2. The van der Waals surface area contributed by atoms with Gasteiger partial charge in [-0.1, -0.05) is 36.4 Å². The first kappa shape index (κ1) is 11.0. The molecule has 1 aromatic carbocycles. The number of rotatable bonds is 5. The molecule has 0 aliphatic heterocycles. The van der Waals surface area contributed by atoms with E-state index in [-0.39, 0.29) is 6.29 Å². The Labute approximate surface area is 85.2 Å². The molecule has 1 aromatic rings. The number of benzene rings is 1. The summed E-state index contributed by atoms with van der Waals surface area (Å²) in [5.74, 6) is 0. The fourth-order valence-corrected chi connectivity index (χ4v) is 1.12. The van der Waals surface area contributed by atoms with Crippen LogP contribution in [0, 0.1) is 0 Å². The van der Waals surface area contributed by atoms with E-state index >= 15 is 0 Å². The lowest BCUT2D eigenvalue weighted by molar-refractivity contribution is -0.0855. The lowest BCUT2D eigenvalue weighted by Crippen LogP contribution is -2.11. The fraction of sp³-hybridized carbons (Fsp3) is 0.333. The Kier molecular flexibility index (Phi) is 4.97. The summed E-state index contributed by atoms with van der Waals surface area (Å²) in [6.45, 7) is 2.60. The second-order valence-electron chi connectivity index (χ2n) is 2.83. The van der Waals surface area contributed by atoms with E-state index in [0.29, 0.717) is 6.61 Å². The molecule has 0 heterocycles. The van der Waals surface area contributed by atoms with E-state index < -0.39 is 0 Å². The molecule has 0 saturated carbocycles. The Hall–Kier alpha value is -1.12. The first-order valence-corrected chi connectivity index (χ1v) is 4.74. The van der Waals surface area contributed by atoms with Gasteiger partial charge >= 0.3 is 0 Å². The Morgan fingerprint density at radius 2 is 2.00 bits per heavy atom. The zero-order valence-electron chi connectivity index (χ0n) is 8.64. The van der Waals surface area contributed by atoms with Gasteiger partial charge in [-0.2, -0.15) is 0 Å². The second-order valence-corrected chi connectivity index (χ2v) is 2.83. The van der Waals surface area contributed by atoms with Crippen molar-refractivity contribution in [2.24, 2.45) is 0 Å². The SMILES string of the molecule is CCOC(/C=C/c1ccccc1)OC. The minimum atomic E-state index is -0.250. The largest absolute Gasteiger partial charge is 0.352 e. The Bertz CT molecular complexity index is 267. The molecule has 0 radical (unpaired) electrons. The molecule has 2 nitrogen and oxygen atoms in total. The van der Waals surface area contributed by atoms with Crippen molar-refractivity contribution >= 4 is 6.08 Å². The lowest BCUT2D eigenvalue weighted by atomic mass is 10.2. The maximum Gasteiger partial charge on any atom is 0.176 e. The average Bonchev–Trinajstić information content (AvgIpc) is 2.25. The van der Waals surface area contributed by atoms with Crippen molar-refractivity contribution in [2.75, 3.05) is 13.7 Å². The molecule has 0 aliphatic rings. The zero-order chi connectivity index (χ0) is 10.2. The van der Waals surface area contributed by atoms with Crippen LogP contribution >= 0.6 is 0 Å². The molecule has 0 saturated heterocycles. The number of hydrogen-bond donors (Lipinski definition) is 0. The van der Waals surface area contributed by atoms with Crippen LogP contribution < -0.4 is 0 Å². The highest BCUT2D eigenvalue weighted by atomic mass is 16.7. The molecule has 1 unspecified atom stereocenters. The summed E-state index contributed by atoms with van der Waals surface area (Å²) in [5.41, 5.74) is 1.15. The van der Waals surface area contributed by atoms with Crippen LogP contribution in [0.15, 0.2) is 36.4 Å². The third kappa shape index (κ3) is 3.73. The summed E-state index contributed by atoms with van der Waals surface area (Å²) < 4.78 is 10.4. The van der Waals surface area contributed by atoms with Gasteiger partial charge in [0.1, 0.15) is 0 Å². The monoisotopic (exact) mass is 192 g/mol. The van der Waals surface area contributed by atoms with Gasteiger partial charge in [0.05, 0.1) is 0 Å². The highest BCUT2D eigenvalue weighted by molar-refractivity contribution is 5.48. The first-order chi connectivity index (χ1) is 6.86. The fourth-order valence-electron chi connectivity index (χ4n) is 1.12. The van der Waals surface area contributed by atoms with Crippen LogP contribution in [0.1, 0.15) is 12.5 Å². The van der Waals surface area contributed by atoms with Gasteiger partial charge in [-0.05, 0) is 18.6 Å². The predicted molar refractivity (Wildman–Crippen MR) is 57.9 cm³/mol. The van der Waals surface area contributed by atoms with Gasteiger partial charge in [0.25, 0.3) is 0 Å². The normalized spacial score (nSPS) is 13.3. The van der Waals surface area contributed by atoms with Crippen LogP contribution in [0.25, 0.3) is 6.08 Å². The van der Waals surface area contributed by atoms with Gasteiger partial charge in [0.2, 0.25) is 0 Å². The number of hydrogen-bond acceptors (Lipinski definition) is 2. The van der Waals surface area contributed by atoms with Crippen LogP contribution in [0.4, 0.5) is 0 Å². The number of methoxy groups -OCH3 is 1. The van der Waals surface area contributed by atoms with Crippen molar-refractivity contribution < 1.29 is 9.47 Å². The Balaban J connectivity index is 2.53. The quantitative estimate of drug-likeness (QED) is 0.668. The number of ether oxygens (including phenoxy) is 2. The Morgan fingerprint density at radius 3 is 2.57 bits per heavy atom. The third-order valence-electron chi connectivity index (χ3n) is 1.81. The van der Waals surface area contributed by atoms with E-state index in [1.165, 1.54) is 0 Å². The van der Waals surface area contributed by atoms with Crippen LogP contribution in [-0.2, 0) is 9.47 Å². The maximum atomic E-state index is 5.30. The second kappa shape index (κ2) is 6.35. The molecule has 1 atom stereocenters. The highest BCUT2D eigenvalue weighted by Gasteiger charge is 1.98. The summed E-state index contributed by atoms with van der Waals surface area (Å²) in [7, 11) is 1.63. The molecule has 0 aromatic heterocycles. The lowest BCUT2D eigenvalue weighted by Gasteiger charge is -2.09. The van der Waals surface area contributed by atoms with Crippen molar-refractivity contribution in [3.05, 3.63) is 42.0 Å². The van der Waals surface area contributed by atoms with E-state index in [2.05, 4.69) is 0 Å². The molecule has 14 heavy (non-hydrogen) atoms. The van der Waals surface area contributed by atoms with Gasteiger partial charge < -0.3 is 9.47 Å². The molecule has 76 valence electrons. The van der Waals surface area contributed by atoms with Crippen molar-refractivity contribution in [3.8, 4) is 0 Å². The molecular weight excluding hydrogens is 176 g/mol. The van der Waals surface area contributed by atoms with Crippen LogP contribution in [0.5, 0.6) is 0 Å². The highest BCUT2D eigenvalue weighted by Crippen LogP contribution is 2.04. The van der Waals surface area contributed by atoms with Crippen LogP contribution in [0.3, 0.4) is 0 Å². The Morgan fingerprint density at radius 1 is 1.29 bits per heavy atom. The summed E-state index contributed by atoms with van der Waals surface area (Å²) in [4.78, 5) is 0. The summed E-state index contributed by atoms with van der Waals surface area (Å²) in [6.07, 6.45) is 3.64. The van der Waals surface area contributed by atoms with Gasteiger partial charge in [-0.25, -0.2) is 0 Å². The summed E-state index contributed by atoms with van der Waals surface area (Å²) >= 11 is 0.